The van der Waals surface area contributed by atoms with Gasteiger partial charge in [0.2, 0.25) is 0 Å². The van der Waals surface area contributed by atoms with Crippen LogP contribution < -0.4 is 0 Å². The smallest absolute Gasteiger partial charge is 0.0948 e. The van der Waals surface area contributed by atoms with Crippen molar-refractivity contribution in [3.63, 3.8) is 0 Å². The predicted octanol–water partition coefficient (Wildman–Crippen LogP) is 2.40. The first-order valence-corrected chi connectivity index (χ1v) is 5.64. The van der Waals surface area contributed by atoms with E-state index < -0.39 is 5.60 Å². The highest BCUT2D eigenvalue weighted by Gasteiger charge is 2.49. The molecule has 1 heterocycles. The lowest BCUT2D eigenvalue weighted by Crippen LogP contribution is -2.27. The molecule has 3 atom stereocenters. The first-order chi connectivity index (χ1) is 6.18. The van der Waals surface area contributed by atoms with Crippen molar-refractivity contribution in [2.75, 3.05) is 0 Å². The van der Waals surface area contributed by atoms with Gasteiger partial charge in [-0.3, -0.25) is 0 Å². The molecule has 1 N–H and O–H groups in total. The van der Waals surface area contributed by atoms with Crippen LogP contribution in [0.3, 0.4) is 0 Å². The Kier molecular flexibility index (Phi) is 2.16. The van der Waals surface area contributed by atoms with E-state index in [-0.39, 0.29) is 0 Å². The highest BCUT2D eigenvalue weighted by molar-refractivity contribution is 7.03. The van der Waals surface area contributed by atoms with Gasteiger partial charge in [0.05, 0.1) is 5.60 Å². The second kappa shape index (κ2) is 3.07. The van der Waals surface area contributed by atoms with Crippen LogP contribution in [0, 0.1) is 11.8 Å². The maximum Gasteiger partial charge on any atom is 0.0948 e. The van der Waals surface area contributed by atoms with Crippen LogP contribution in [-0.2, 0) is 5.60 Å². The topological polar surface area (TPSA) is 33.1 Å². The van der Waals surface area contributed by atoms with Gasteiger partial charge in [0.15, 0.2) is 0 Å². The summed E-state index contributed by atoms with van der Waals surface area (Å²) in [4.78, 5) is 0. The van der Waals surface area contributed by atoms with Gasteiger partial charge in [-0.15, -0.1) is 0 Å². The Morgan fingerprint density at radius 1 is 1.77 bits per heavy atom. The van der Waals surface area contributed by atoms with Crippen molar-refractivity contribution < 1.29 is 5.11 Å². The van der Waals surface area contributed by atoms with E-state index in [1.165, 1.54) is 11.5 Å². The second-order valence-corrected chi connectivity index (χ2v) is 4.67. The van der Waals surface area contributed by atoms with Gasteiger partial charge >= 0.3 is 0 Å². The summed E-state index contributed by atoms with van der Waals surface area (Å²) in [5, 5.41) is 12.4. The Bertz CT molecular complexity index is 285. The zero-order valence-electron chi connectivity index (χ0n) is 8.03. The zero-order chi connectivity index (χ0) is 9.47. The molecule has 0 aliphatic heterocycles. The first kappa shape index (κ1) is 9.16. The standard InChI is InChI=1S/C10H15NOS/c1-3-10(12,9-4-7(9)2)8-5-11-13-6-8/h5-7,9,12H,3-4H2,1-2H3. The van der Waals surface area contributed by atoms with Crippen LogP contribution in [0.5, 0.6) is 0 Å². The third-order valence-corrected chi connectivity index (χ3v) is 3.78. The molecule has 3 unspecified atom stereocenters. The third kappa shape index (κ3) is 1.40. The molecule has 0 spiro atoms. The third-order valence-electron chi connectivity index (χ3n) is 3.19. The van der Waals surface area contributed by atoms with Gasteiger partial charge in [0.1, 0.15) is 0 Å². The maximum absolute atomic E-state index is 10.5. The van der Waals surface area contributed by atoms with Gasteiger partial charge in [-0.2, -0.15) is 0 Å². The largest absolute Gasteiger partial charge is 0.385 e. The molecule has 0 aromatic carbocycles. The molecule has 72 valence electrons. The Morgan fingerprint density at radius 2 is 2.46 bits per heavy atom. The van der Waals surface area contributed by atoms with Gasteiger partial charge in [-0.05, 0) is 36.2 Å². The van der Waals surface area contributed by atoms with Crippen LogP contribution in [0.4, 0.5) is 0 Å². The number of hydrogen-bond acceptors (Lipinski definition) is 3. The SMILES string of the molecule is CCC(O)(c1cnsc1)C1CC1C. The summed E-state index contributed by atoms with van der Waals surface area (Å²) in [5.74, 6) is 1.12. The lowest BCUT2D eigenvalue weighted by atomic mass is 9.88. The van der Waals surface area contributed by atoms with E-state index in [9.17, 15) is 5.11 Å². The van der Waals surface area contributed by atoms with E-state index in [0.29, 0.717) is 11.8 Å². The molecule has 0 radical (unpaired) electrons. The van der Waals surface area contributed by atoms with E-state index in [1.807, 2.05) is 12.3 Å². The molecule has 0 bridgehead atoms. The Morgan fingerprint density at radius 3 is 2.85 bits per heavy atom. The van der Waals surface area contributed by atoms with E-state index in [1.54, 1.807) is 6.20 Å². The fraction of sp³-hybridized carbons (Fsp3) is 0.700. The summed E-state index contributed by atoms with van der Waals surface area (Å²) >= 11 is 1.42. The van der Waals surface area contributed by atoms with Crippen LogP contribution in [-0.4, -0.2) is 9.48 Å². The van der Waals surface area contributed by atoms with E-state index >= 15 is 0 Å². The fourth-order valence-corrected chi connectivity index (χ4v) is 2.70. The summed E-state index contributed by atoms with van der Waals surface area (Å²) in [6, 6.07) is 0. The van der Waals surface area contributed by atoms with Gasteiger partial charge in [0, 0.05) is 17.1 Å². The Hall–Kier alpha value is -0.410. The van der Waals surface area contributed by atoms with Crippen molar-refractivity contribution in [1.29, 1.82) is 0 Å². The minimum absolute atomic E-state index is 0.453. The number of aliphatic hydroxyl groups is 1. The van der Waals surface area contributed by atoms with Crippen LogP contribution in [0.1, 0.15) is 32.3 Å². The van der Waals surface area contributed by atoms with Crippen molar-refractivity contribution in [2.45, 2.75) is 32.3 Å². The molecule has 2 nitrogen and oxygen atoms in total. The fourth-order valence-electron chi connectivity index (χ4n) is 2.09. The van der Waals surface area contributed by atoms with Crippen molar-refractivity contribution >= 4 is 11.5 Å². The molecule has 0 saturated heterocycles. The molecule has 1 fully saturated rings. The summed E-state index contributed by atoms with van der Waals surface area (Å²) in [7, 11) is 0. The molecule has 1 aromatic heterocycles. The average Bonchev–Trinajstić information content (AvgIpc) is 2.71. The van der Waals surface area contributed by atoms with Gasteiger partial charge in [0.25, 0.3) is 0 Å². The van der Waals surface area contributed by atoms with Crippen molar-refractivity contribution in [2.24, 2.45) is 11.8 Å². The Balaban J connectivity index is 2.25. The molecule has 1 aromatic rings. The lowest BCUT2D eigenvalue weighted by molar-refractivity contribution is 0.00460. The average molecular weight is 197 g/mol. The number of aromatic nitrogens is 1. The first-order valence-electron chi connectivity index (χ1n) is 4.80. The monoisotopic (exact) mass is 197 g/mol. The number of rotatable bonds is 3. The van der Waals surface area contributed by atoms with Crippen molar-refractivity contribution in [3.8, 4) is 0 Å². The summed E-state index contributed by atoms with van der Waals surface area (Å²) < 4.78 is 4.05. The van der Waals surface area contributed by atoms with E-state index in [0.717, 1.165) is 18.4 Å². The molecule has 1 aliphatic carbocycles. The summed E-state index contributed by atoms with van der Waals surface area (Å²) in [5.41, 5.74) is 0.404. The van der Waals surface area contributed by atoms with Crippen LogP contribution in [0.25, 0.3) is 0 Å². The van der Waals surface area contributed by atoms with Crippen molar-refractivity contribution in [1.82, 2.24) is 4.37 Å². The van der Waals surface area contributed by atoms with Crippen LogP contribution in [0.15, 0.2) is 11.6 Å². The molecule has 2 rings (SSSR count). The van der Waals surface area contributed by atoms with E-state index in [4.69, 9.17) is 0 Å². The predicted molar refractivity (Wildman–Crippen MR) is 53.6 cm³/mol. The quantitative estimate of drug-likeness (QED) is 0.807. The normalized spacial score (nSPS) is 31.3. The summed E-state index contributed by atoms with van der Waals surface area (Å²) in [6.07, 6.45) is 3.75. The van der Waals surface area contributed by atoms with Gasteiger partial charge < -0.3 is 5.11 Å². The highest BCUT2D eigenvalue weighted by atomic mass is 32.1. The Labute approximate surface area is 82.8 Å². The molecule has 3 heteroatoms. The molecule has 1 saturated carbocycles. The molecule has 1 aliphatic rings. The van der Waals surface area contributed by atoms with Crippen LogP contribution in [0.2, 0.25) is 0 Å². The molecular weight excluding hydrogens is 182 g/mol. The highest BCUT2D eigenvalue weighted by Crippen LogP contribution is 2.52. The molecule has 0 amide bonds. The lowest BCUT2D eigenvalue weighted by Gasteiger charge is -2.25. The maximum atomic E-state index is 10.5. The van der Waals surface area contributed by atoms with Crippen molar-refractivity contribution in [3.05, 3.63) is 17.1 Å². The number of hydrogen-bond donors (Lipinski definition) is 1. The second-order valence-electron chi connectivity index (χ2n) is 4.01. The minimum Gasteiger partial charge on any atom is -0.385 e. The minimum atomic E-state index is -0.605. The van der Waals surface area contributed by atoms with Gasteiger partial charge in [-0.25, -0.2) is 4.37 Å². The van der Waals surface area contributed by atoms with Gasteiger partial charge in [-0.1, -0.05) is 13.8 Å². The molecule has 13 heavy (non-hydrogen) atoms. The van der Waals surface area contributed by atoms with E-state index in [2.05, 4.69) is 11.3 Å². The summed E-state index contributed by atoms with van der Waals surface area (Å²) in [6.45, 7) is 4.24. The number of nitrogens with zero attached hydrogens (tertiary/aromatic N) is 1. The molecular formula is C10H15NOS. The van der Waals surface area contributed by atoms with Crippen LogP contribution >= 0.6 is 11.5 Å². The zero-order valence-corrected chi connectivity index (χ0v) is 8.84.